The maximum atomic E-state index is 13.0. The first-order chi connectivity index (χ1) is 14.7. The molecule has 0 saturated heterocycles. The molecular formula is C23H26N4O3. The van der Waals surface area contributed by atoms with E-state index in [0.717, 1.165) is 30.9 Å². The predicted octanol–water partition coefficient (Wildman–Crippen LogP) is 3.57. The van der Waals surface area contributed by atoms with E-state index in [0.29, 0.717) is 36.6 Å². The molecule has 0 saturated carbocycles. The molecule has 7 nitrogen and oxygen atoms in total. The minimum absolute atomic E-state index is 0.0674. The van der Waals surface area contributed by atoms with Crippen LogP contribution in [0.4, 0.5) is 5.69 Å². The number of fused-ring (bicyclic) bond motifs is 3. The zero-order chi connectivity index (χ0) is 20.9. The Morgan fingerprint density at radius 2 is 2.10 bits per heavy atom. The van der Waals surface area contributed by atoms with Gasteiger partial charge < -0.3 is 24.9 Å². The van der Waals surface area contributed by atoms with Crippen LogP contribution in [-0.4, -0.2) is 40.1 Å². The van der Waals surface area contributed by atoms with Gasteiger partial charge in [0.1, 0.15) is 35.0 Å². The van der Waals surface area contributed by atoms with E-state index in [2.05, 4.69) is 22.5 Å². The molecule has 2 heterocycles. The van der Waals surface area contributed by atoms with Crippen molar-refractivity contribution in [3.05, 3.63) is 65.8 Å². The third-order valence-electron chi connectivity index (χ3n) is 5.05. The van der Waals surface area contributed by atoms with Crippen LogP contribution in [0.3, 0.4) is 0 Å². The van der Waals surface area contributed by atoms with Crippen LogP contribution in [0.2, 0.25) is 0 Å². The van der Waals surface area contributed by atoms with Crippen molar-refractivity contribution in [2.75, 3.05) is 25.0 Å². The van der Waals surface area contributed by atoms with Gasteiger partial charge in [-0.15, -0.1) is 0 Å². The van der Waals surface area contributed by atoms with Gasteiger partial charge in [-0.05, 0) is 43.7 Å². The van der Waals surface area contributed by atoms with Gasteiger partial charge in [0.05, 0.1) is 5.69 Å². The molecule has 0 aliphatic heterocycles. The summed E-state index contributed by atoms with van der Waals surface area (Å²) in [4.78, 5) is 17.6. The molecule has 7 heteroatoms. The van der Waals surface area contributed by atoms with Crippen LogP contribution in [0, 0.1) is 0 Å². The highest BCUT2D eigenvalue weighted by molar-refractivity contribution is 6.26. The molecule has 0 fully saturated rings. The number of ether oxygens (including phenoxy) is 1. The lowest BCUT2D eigenvalue weighted by molar-refractivity contribution is -0.111. The highest BCUT2D eigenvalue weighted by Gasteiger charge is 2.28. The molecule has 0 radical (unpaired) electrons. The fourth-order valence-corrected chi connectivity index (χ4v) is 3.62. The molecule has 0 atom stereocenters. The first-order valence-electron chi connectivity index (χ1n) is 10.3. The Bertz CT molecular complexity index is 1090. The molecule has 0 unspecified atom stereocenters. The number of anilines is 1. The first-order valence-corrected chi connectivity index (χ1v) is 10.3. The number of carbonyl (C=O) groups is 1. The Balaban J connectivity index is 1.50. The summed E-state index contributed by atoms with van der Waals surface area (Å²) in [5.74, 6) is 0.373. The van der Waals surface area contributed by atoms with E-state index in [1.165, 1.54) is 0 Å². The normalized spacial score (nSPS) is 13.4. The van der Waals surface area contributed by atoms with Crippen molar-refractivity contribution in [2.45, 2.75) is 26.2 Å². The number of aliphatic hydroxyl groups excluding tert-OH is 1. The van der Waals surface area contributed by atoms with E-state index in [4.69, 9.17) is 4.74 Å². The number of pyridine rings is 1. The minimum Gasteiger partial charge on any atom is -0.511 e. The maximum absolute atomic E-state index is 13.0. The highest BCUT2D eigenvalue weighted by Crippen LogP contribution is 2.31. The lowest BCUT2D eigenvalue weighted by Gasteiger charge is -2.16. The Labute approximate surface area is 175 Å². The summed E-state index contributed by atoms with van der Waals surface area (Å²) >= 11 is 0. The number of carbonyl (C=O) groups excluding carboxylic acids is 1. The van der Waals surface area contributed by atoms with Gasteiger partial charge in [0.25, 0.3) is 5.91 Å². The number of aromatic nitrogens is 2. The van der Waals surface area contributed by atoms with Crippen molar-refractivity contribution >= 4 is 22.8 Å². The SMILES string of the molecule is CCCNCCOc1cccc(NC(=O)C2=C(O)CCc3c2nc2ccccn32)c1. The number of hydrogen-bond acceptors (Lipinski definition) is 5. The van der Waals surface area contributed by atoms with Crippen LogP contribution in [0.1, 0.15) is 31.2 Å². The van der Waals surface area contributed by atoms with E-state index < -0.39 is 0 Å². The summed E-state index contributed by atoms with van der Waals surface area (Å²) in [6.07, 6.45) is 4.05. The smallest absolute Gasteiger partial charge is 0.261 e. The lowest BCUT2D eigenvalue weighted by atomic mass is 9.97. The second-order valence-electron chi connectivity index (χ2n) is 7.24. The van der Waals surface area contributed by atoms with Crippen LogP contribution in [0.5, 0.6) is 5.75 Å². The van der Waals surface area contributed by atoms with Gasteiger partial charge in [-0.1, -0.05) is 19.1 Å². The first kappa shape index (κ1) is 20.0. The number of nitrogens with one attached hydrogen (secondary N) is 2. The number of allylic oxidation sites excluding steroid dienone is 1. The Morgan fingerprint density at radius 3 is 2.97 bits per heavy atom. The Morgan fingerprint density at radius 1 is 1.20 bits per heavy atom. The van der Waals surface area contributed by atoms with Gasteiger partial charge in [-0.2, -0.15) is 0 Å². The second kappa shape index (κ2) is 9.00. The lowest BCUT2D eigenvalue weighted by Crippen LogP contribution is -2.21. The van der Waals surface area contributed by atoms with Crippen LogP contribution >= 0.6 is 0 Å². The molecule has 0 spiro atoms. The monoisotopic (exact) mass is 406 g/mol. The number of nitrogens with zero attached hydrogens (tertiary/aromatic N) is 2. The van der Waals surface area contributed by atoms with Crippen LogP contribution in [0.15, 0.2) is 54.4 Å². The maximum Gasteiger partial charge on any atom is 0.261 e. The largest absolute Gasteiger partial charge is 0.511 e. The number of amides is 1. The van der Waals surface area contributed by atoms with Gasteiger partial charge in [0.15, 0.2) is 0 Å². The summed E-state index contributed by atoms with van der Waals surface area (Å²) in [5.41, 5.74) is 3.07. The van der Waals surface area contributed by atoms with Crippen molar-refractivity contribution in [3.8, 4) is 5.75 Å². The number of imidazole rings is 1. The third-order valence-corrected chi connectivity index (χ3v) is 5.05. The highest BCUT2D eigenvalue weighted by atomic mass is 16.5. The topological polar surface area (TPSA) is 87.9 Å². The molecule has 4 rings (SSSR count). The van der Waals surface area contributed by atoms with Crippen molar-refractivity contribution in [3.63, 3.8) is 0 Å². The fraction of sp³-hybridized carbons (Fsp3) is 0.304. The van der Waals surface area contributed by atoms with Gasteiger partial charge >= 0.3 is 0 Å². The van der Waals surface area contributed by atoms with Gasteiger partial charge in [-0.25, -0.2) is 4.98 Å². The van der Waals surface area contributed by atoms with Crippen molar-refractivity contribution < 1.29 is 14.6 Å². The average molecular weight is 406 g/mol. The molecule has 30 heavy (non-hydrogen) atoms. The van der Waals surface area contributed by atoms with E-state index in [1.54, 1.807) is 12.1 Å². The summed E-state index contributed by atoms with van der Waals surface area (Å²) in [6.45, 7) is 4.40. The predicted molar refractivity (Wildman–Crippen MR) is 117 cm³/mol. The molecule has 1 aromatic carbocycles. The Hall–Kier alpha value is -3.32. The standard InChI is InChI=1S/C23H26N4O3/c1-2-11-24-12-14-30-17-7-5-6-16(15-17)25-23(29)21-19(28)10-9-18-22(21)26-20-8-3-4-13-27(18)20/h3-8,13,15,24,28H,2,9-12,14H2,1H3,(H,25,29). The zero-order valence-electron chi connectivity index (χ0n) is 17.0. The molecule has 2 aromatic heterocycles. The van der Waals surface area contributed by atoms with E-state index >= 15 is 0 Å². The number of hydrogen-bond donors (Lipinski definition) is 3. The molecule has 1 amide bonds. The van der Waals surface area contributed by atoms with Crippen molar-refractivity contribution in [1.82, 2.24) is 14.7 Å². The molecule has 156 valence electrons. The Kier molecular flexibility index (Phi) is 5.99. The second-order valence-corrected chi connectivity index (χ2v) is 7.24. The summed E-state index contributed by atoms with van der Waals surface area (Å²) < 4.78 is 7.72. The molecule has 1 aliphatic rings. The number of aryl methyl sites for hydroxylation is 1. The third kappa shape index (κ3) is 4.16. The molecule has 0 bridgehead atoms. The molecule has 3 N–H and O–H groups in total. The van der Waals surface area contributed by atoms with E-state index in [1.807, 2.05) is 40.9 Å². The van der Waals surface area contributed by atoms with Gasteiger partial charge in [0, 0.05) is 30.9 Å². The molecule has 1 aliphatic carbocycles. The number of benzene rings is 1. The summed E-state index contributed by atoms with van der Waals surface area (Å²) in [5, 5.41) is 16.6. The van der Waals surface area contributed by atoms with Crippen molar-refractivity contribution in [1.29, 1.82) is 0 Å². The number of aliphatic hydroxyl groups is 1. The van der Waals surface area contributed by atoms with E-state index in [-0.39, 0.29) is 17.2 Å². The summed E-state index contributed by atoms with van der Waals surface area (Å²) in [6, 6.07) is 13.0. The van der Waals surface area contributed by atoms with Crippen LogP contribution in [-0.2, 0) is 11.2 Å². The van der Waals surface area contributed by atoms with Crippen LogP contribution in [0.25, 0.3) is 11.2 Å². The fourth-order valence-electron chi connectivity index (χ4n) is 3.62. The van der Waals surface area contributed by atoms with E-state index in [9.17, 15) is 9.90 Å². The molecular weight excluding hydrogens is 380 g/mol. The zero-order valence-corrected chi connectivity index (χ0v) is 17.0. The number of rotatable bonds is 8. The quantitative estimate of drug-likeness (QED) is 0.498. The van der Waals surface area contributed by atoms with Gasteiger partial charge in [0.2, 0.25) is 0 Å². The van der Waals surface area contributed by atoms with Crippen LogP contribution < -0.4 is 15.4 Å². The molecule has 3 aromatic rings. The van der Waals surface area contributed by atoms with Gasteiger partial charge in [-0.3, -0.25) is 4.79 Å². The minimum atomic E-state index is -0.376. The van der Waals surface area contributed by atoms with Crippen molar-refractivity contribution in [2.24, 2.45) is 0 Å². The average Bonchev–Trinajstić information content (AvgIpc) is 3.12. The summed E-state index contributed by atoms with van der Waals surface area (Å²) in [7, 11) is 0.